The molecular weight excluding hydrogens is 392 g/mol. The van der Waals surface area contributed by atoms with Gasteiger partial charge in [-0.1, -0.05) is 42.8 Å². The van der Waals surface area contributed by atoms with Gasteiger partial charge in [-0.25, -0.2) is 0 Å². The molecule has 2 aromatic rings. The highest BCUT2D eigenvalue weighted by molar-refractivity contribution is 6.33. The molecule has 0 spiro atoms. The van der Waals surface area contributed by atoms with E-state index in [-0.39, 0.29) is 18.9 Å². The quantitative estimate of drug-likeness (QED) is 0.729. The molecule has 152 valence electrons. The third-order valence-electron chi connectivity index (χ3n) is 4.91. The van der Waals surface area contributed by atoms with Crippen LogP contribution in [-0.2, 0) is 25.5 Å². The summed E-state index contributed by atoms with van der Waals surface area (Å²) in [7, 11) is 0. The monoisotopic (exact) mass is 414 g/mol. The van der Waals surface area contributed by atoms with Crippen LogP contribution in [0.2, 0.25) is 5.02 Å². The first-order valence-corrected chi connectivity index (χ1v) is 9.92. The zero-order chi connectivity index (χ0) is 21.0. The Labute approximate surface area is 174 Å². The standard InChI is InChI=1S/C22H23ClN2O4/c1-3-15-8-10-17(11-9-15)25-13-16(12-20(25)26)22(28)29-14(2)21(27)24-19-7-5-4-6-18(19)23/h4-11,14,16H,3,12-13H2,1-2H3,(H,24,27)/t14-,16-/m1/s1. The van der Waals surface area contributed by atoms with Crippen molar-refractivity contribution >= 4 is 40.8 Å². The molecule has 1 saturated heterocycles. The minimum atomic E-state index is -1.01. The summed E-state index contributed by atoms with van der Waals surface area (Å²) < 4.78 is 5.30. The summed E-state index contributed by atoms with van der Waals surface area (Å²) >= 11 is 6.03. The second-order valence-corrected chi connectivity index (χ2v) is 7.38. The van der Waals surface area contributed by atoms with E-state index in [0.29, 0.717) is 10.7 Å². The fourth-order valence-electron chi connectivity index (χ4n) is 3.15. The van der Waals surface area contributed by atoms with Gasteiger partial charge in [0.05, 0.1) is 16.6 Å². The predicted octanol–water partition coefficient (Wildman–Crippen LogP) is 3.83. The van der Waals surface area contributed by atoms with Crippen LogP contribution in [0, 0.1) is 5.92 Å². The number of aryl methyl sites for hydroxylation is 1. The molecule has 2 aromatic carbocycles. The number of hydrogen-bond donors (Lipinski definition) is 1. The Hall–Kier alpha value is -2.86. The summed E-state index contributed by atoms with van der Waals surface area (Å²) in [4.78, 5) is 38.7. The lowest BCUT2D eigenvalue weighted by molar-refractivity contribution is -0.157. The number of para-hydroxylation sites is 1. The van der Waals surface area contributed by atoms with Crippen LogP contribution in [0.15, 0.2) is 48.5 Å². The molecule has 2 amide bonds. The van der Waals surface area contributed by atoms with Gasteiger partial charge in [0.15, 0.2) is 6.10 Å². The Morgan fingerprint density at radius 2 is 1.90 bits per heavy atom. The molecule has 2 atom stereocenters. The molecule has 0 aromatic heterocycles. The van der Waals surface area contributed by atoms with E-state index in [4.69, 9.17) is 16.3 Å². The second-order valence-electron chi connectivity index (χ2n) is 6.97. The summed E-state index contributed by atoms with van der Waals surface area (Å²) in [6.07, 6.45) is -0.0309. The molecule has 0 aliphatic carbocycles. The van der Waals surface area contributed by atoms with Gasteiger partial charge in [0.2, 0.25) is 5.91 Å². The van der Waals surface area contributed by atoms with E-state index < -0.39 is 23.9 Å². The van der Waals surface area contributed by atoms with Gasteiger partial charge in [-0.05, 0) is 43.2 Å². The van der Waals surface area contributed by atoms with Crippen molar-refractivity contribution in [1.29, 1.82) is 0 Å². The van der Waals surface area contributed by atoms with Crippen LogP contribution >= 0.6 is 11.6 Å². The normalized spacial score (nSPS) is 17.1. The maximum absolute atomic E-state index is 12.5. The van der Waals surface area contributed by atoms with Crippen molar-refractivity contribution in [2.24, 2.45) is 5.92 Å². The fourth-order valence-corrected chi connectivity index (χ4v) is 3.33. The zero-order valence-corrected chi connectivity index (χ0v) is 17.1. The number of benzene rings is 2. The Morgan fingerprint density at radius 3 is 2.55 bits per heavy atom. The van der Waals surface area contributed by atoms with E-state index in [1.807, 2.05) is 24.3 Å². The smallest absolute Gasteiger partial charge is 0.312 e. The summed E-state index contributed by atoms with van der Waals surface area (Å²) in [6.45, 7) is 3.79. The van der Waals surface area contributed by atoms with Crippen molar-refractivity contribution in [2.75, 3.05) is 16.8 Å². The van der Waals surface area contributed by atoms with Crippen LogP contribution in [0.4, 0.5) is 11.4 Å². The van der Waals surface area contributed by atoms with Crippen molar-refractivity contribution in [2.45, 2.75) is 32.8 Å². The van der Waals surface area contributed by atoms with Gasteiger partial charge in [-0.3, -0.25) is 14.4 Å². The molecule has 7 heteroatoms. The Bertz CT molecular complexity index is 913. The molecule has 1 aliphatic rings. The second kappa shape index (κ2) is 9.09. The molecular formula is C22H23ClN2O4. The van der Waals surface area contributed by atoms with Crippen molar-refractivity contribution in [1.82, 2.24) is 0 Å². The Kier molecular flexibility index (Phi) is 6.54. The third-order valence-corrected chi connectivity index (χ3v) is 5.24. The fraction of sp³-hybridized carbons (Fsp3) is 0.318. The largest absolute Gasteiger partial charge is 0.452 e. The molecule has 29 heavy (non-hydrogen) atoms. The van der Waals surface area contributed by atoms with E-state index in [0.717, 1.165) is 12.1 Å². The van der Waals surface area contributed by atoms with Crippen LogP contribution in [-0.4, -0.2) is 30.4 Å². The average Bonchev–Trinajstić information content (AvgIpc) is 3.11. The number of amides is 2. The van der Waals surface area contributed by atoms with Crippen molar-refractivity contribution in [3.63, 3.8) is 0 Å². The van der Waals surface area contributed by atoms with Gasteiger partial charge in [0, 0.05) is 18.7 Å². The topological polar surface area (TPSA) is 75.7 Å². The highest BCUT2D eigenvalue weighted by Gasteiger charge is 2.37. The third kappa shape index (κ3) is 4.95. The van der Waals surface area contributed by atoms with E-state index in [1.165, 1.54) is 12.5 Å². The number of hydrogen-bond acceptors (Lipinski definition) is 4. The number of anilines is 2. The summed E-state index contributed by atoms with van der Waals surface area (Å²) in [5.41, 5.74) is 2.38. The van der Waals surface area contributed by atoms with Gasteiger partial charge in [-0.2, -0.15) is 0 Å². The van der Waals surface area contributed by atoms with Crippen molar-refractivity contribution < 1.29 is 19.1 Å². The minimum absolute atomic E-state index is 0.0627. The average molecular weight is 415 g/mol. The highest BCUT2D eigenvalue weighted by Crippen LogP contribution is 2.27. The van der Waals surface area contributed by atoms with Crippen LogP contribution < -0.4 is 10.2 Å². The minimum Gasteiger partial charge on any atom is -0.452 e. The lowest BCUT2D eigenvalue weighted by atomic mass is 10.1. The van der Waals surface area contributed by atoms with E-state index in [1.54, 1.807) is 29.2 Å². The number of nitrogens with zero attached hydrogens (tertiary/aromatic N) is 1. The molecule has 0 radical (unpaired) electrons. The summed E-state index contributed by atoms with van der Waals surface area (Å²) in [6, 6.07) is 14.5. The number of nitrogens with one attached hydrogen (secondary N) is 1. The molecule has 1 N–H and O–H groups in total. The molecule has 0 saturated carbocycles. The van der Waals surface area contributed by atoms with Crippen LogP contribution in [0.3, 0.4) is 0 Å². The van der Waals surface area contributed by atoms with Gasteiger partial charge >= 0.3 is 5.97 Å². The van der Waals surface area contributed by atoms with Crippen LogP contribution in [0.5, 0.6) is 0 Å². The number of ether oxygens (including phenoxy) is 1. The van der Waals surface area contributed by atoms with E-state index in [2.05, 4.69) is 12.2 Å². The number of esters is 1. The molecule has 6 nitrogen and oxygen atoms in total. The molecule has 3 rings (SSSR count). The summed E-state index contributed by atoms with van der Waals surface area (Å²) in [5.74, 6) is -1.79. The van der Waals surface area contributed by atoms with Crippen LogP contribution in [0.1, 0.15) is 25.8 Å². The molecule has 0 unspecified atom stereocenters. The number of rotatable bonds is 6. The lowest BCUT2D eigenvalue weighted by Gasteiger charge is -2.18. The van der Waals surface area contributed by atoms with Gasteiger partial charge < -0.3 is 15.0 Å². The molecule has 1 heterocycles. The zero-order valence-electron chi connectivity index (χ0n) is 16.4. The van der Waals surface area contributed by atoms with Crippen molar-refractivity contribution in [3.05, 3.63) is 59.1 Å². The number of carbonyl (C=O) groups excluding carboxylic acids is 3. The predicted molar refractivity (Wildman–Crippen MR) is 112 cm³/mol. The number of carbonyl (C=O) groups is 3. The van der Waals surface area contributed by atoms with Gasteiger partial charge in [0.25, 0.3) is 5.91 Å². The molecule has 0 bridgehead atoms. The van der Waals surface area contributed by atoms with Gasteiger partial charge in [0.1, 0.15) is 0 Å². The van der Waals surface area contributed by atoms with E-state index >= 15 is 0 Å². The highest BCUT2D eigenvalue weighted by atomic mass is 35.5. The lowest BCUT2D eigenvalue weighted by Crippen LogP contribution is -2.33. The number of halogens is 1. The first-order chi connectivity index (χ1) is 13.9. The molecule has 1 fully saturated rings. The SMILES string of the molecule is CCc1ccc(N2C[C@H](C(=O)O[C@H](C)C(=O)Nc3ccccc3Cl)CC2=O)cc1. The first-order valence-electron chi connectivity index (χ1n) is 9.54. The first kappa shape index (κ1) is 20.9. The summed E-state index contributed by atoms with van der Waals surface area (Å²) in [5, 5.41) is 3.03. The maximum atomic E-state index is 12.5. The van der Waals surface area contributed by atoms with Crippen LogP contribution in [0.25, 0.3) is 0 Å². The maximum Gasteiger partial charge on any atom is 0.312 e. The molecule has 1 aliphatic heterocycles. The Balaban J connectivity index is 1.58. The Morgan fingerprint density at radius 1 is 1.21 bits per heavy atom. The van der Waals surface area contributed by atoms with Crippen molar-refractivity contribution in [3.8, 4) is 0 Å². The van der Waals surface area contributed by atoms with Gasteiger partial charge in [-0.15, -0.1) is 0 Å². The van der Waals surface area contributed by atoms with E-state index in [9.17, 15) is 14.4 Å².